The van der Waals surface area contributed by atoms with Crippen molar-refractivity contribution < 1.29 is 5.11 Å². The van der Waals surface area contributed by atoms with Crippen molar-refractivity contribution in [1.29, 1.82) is 0 Å². The highest BCUT2D eigenvalue weighted by Gasteiger charge is 2.08. The summed E-state index contributed by atoms with van der Waals surface area (Å²) < 4.78 is 2.01. The van der Waals surface area contributed by atoms with Gasteiger partial charge in [-0.2, -0.15) is 5.10 Å². The summed E-state index contributed by atoms with van der Waals surface area (Å²) in [6.07, 6.45) is 4.21. The number of unbranched alkanes of at least 4 members (excludes halogenated alkanes) is 1. The second-order valence-corrected chi connectivity index (χ2v) is 3.99. The Balaban J connectivity index is 2.52. The number of aliphatic hydroxyl groups is 1. The van der Waals surface area contributed by atoms with Crippen molar-refractivity contribution in [3.63, 3.8) is 0 Å². The van der Waals surface area contributed by atoms with Gasteiger partial charge in [0.05, 0.1) is 12.3 Å². The average molecular weight is 225 g/mol. The van der Waals surface area contributed by atoms with Gasteiger partial charge in [0.15, 0.2) is 0 Å². The van der Waals surface area contributed by atoms with Crippen molar-refractivity contribution >= 4 is 0 Å². The summed E-state index contributed by atoms with van der Waals surface area (Å²) in [6.45, 7) is 8.09. The molecule has 0 aliphatic rings. The van der Waals surface area contributed by atoms with Gasteiger partial charge in [-0.25, -0.2) is 0 Å². The third kappa shape index (κ3) is 3.94. The van der Waals surface area contributed by atoms with Crippen LogP contribution in [0, 0.1) is 0 Å². The van der Waals surface area contributed by atoms with Crippen LogP contribution in [-0.4, -0.2) is 39.5 Å². The van der Waals surface area contributed by atoms with Gasteiger partial charge in [0.2, 0.25) is 0 Å². The molecule has 92 valence electrons. The molecule has 4 heteroatoms. The molecule has 0 aliphatic heterocycles. The monoisotopic (exact) mass is 225 g/mol. The zero-order chi connectivity index (χ0) is 11.8. The highest BCUT2D eigenvalue weighted by Crippen LogP contribution is 2.05. The summed E-state index contributed by atoms with van der Waals surface area (Å²) >= 11 is 0. The Morgan fingerprint density at radius 3 is 2.81 bits per heavy atom. The molecule has 0 aromatic carbocycles. The first-order valence-corrected chi connectivity index (χ1v) is 6.15. The Bertz CT molecular complexity index is 286. The lowest BCUT2D eigenvalue weighted by molar-refractivity contribution is 0.185. The first-order chi connectivity index (χ1) is 7.81. The number of aliphatic hydroxyl groups excluding tert-OH is 1. The number of aryl methyl sites for hydroxylation is 1. The zero-order valence-corrected chi connectivity index (χ0v) is 10.4. The van der Waals surface area contributed by atoms with Crippen LogP contribution in [0.1, 0.15) is 32.4 Å². The fourth-order valence-electron chi connectivity index (χ4n) is 1.80. The van der Waals surface area contributed by atoms with Gasteiger partial charge in [0, 0.05) is 25.8 Å². The van der Waals surface area contributed by atoms with E-state index in [9.17, 15) is 0 Å². The molecule has 1 aromatic heterocycles. The summed E-state index contributed by atoms with van der Waals surface area (Å²) in [5.41, 5.74) is 1.23. The maximum absolute atomic E-state index is 9.03. The Kier molecular flexibility index (Phi) is 6.11. The molecular formula is C12H23N3O. The molecule has 0 atom stereocenters. The Hall–Kier alpha value is -0.870. The first kappa shape index (κ1) is 13.2. The van der Waals surface area contributed by atoms with Gasteiger partial charge in [-0.15, -0.1) is 0 Å². The van der Waals surface area contributed by atoms with Gasteiger partial charge in [-0.05, 0) is 26.0 Å². The Morgan fingerprint density at radius 2 is 2.19 bits per heavy atom. The molecule has 1 N–H and O–H groups in total. The molecule has 0 spiro atoms. The summed E-state index contributed by atoms with van der Waals surface area (Å²) in [5, 5.41) is 13.3. The van der Waals surface area contributed by atoms with Crippen molar-refractivity contribution in [3.8, 4) is 0 Å². The van der Waals surface area contributed by atoms with E-state index in [1.165, 1.54) is 18.5 Å². The highest BCUT2D eigenvalue weighted by molar-refractivity contribution is 5.00. The minimum Gasteiger partial charge on any atom is -0.395 e. The van der Waals surface area contributed by atoms with Crippen molar-refractivity contribution in [1.82, 2.24) is 14.7 Å². The second kappa shape index (κ2) is 7.41. The molecule has 0 amide bonds. The zero-order valence-electron chi connectivity index (χ0n) is 10.4. The molecule has 1 rings (SSSR count). The summed E-state index contributed by atoms with van der Waals surface area (Å²) in [4.78, 5) is 2.28. The lowest BCUT2D eigenvalue weighted by Crippen LogP contribution is -2.28. The Morgan fingerprint density at radius 1 is 1.38 bits per heavy atom. The van der Waals surface area contributed by atoms with Gasteiger partial charge in [0.1, 0.15) is 0 Å². The molecule has 16 heavy (non-hydrogen) atoms. The molecule has 0 saturated heterocycles. The topological polar surface area (TPSA) is 41.3 Å². The van der Waals surface area contributed by atoms with Crippen LogP contribution in [0.15, 0.2) is 12.3 Å². The van der Waals surface area contributed by atoms with E-state index in [1.807, 2.05) is 10.9 Å². The van der Waals surface area contributed by atoms with Crippen LogP contribution in [0.4, 0.5) is 0 Å². The van der Waals surface area contributed by atoms with E-state index in [4.69, 9.17) is 5.11 Å². The average Bonchev–Trinajstić information content (AvgIpc) is 2.73. The SMILES string of the molecule is CCCCN(CCO)Cc1ccnn1CC. The van der Waals surface area contributed by atoms with Crippen LogP contribution in [0.3, 0.4) is 0 Å². The lowest BCUT2D eigenvalue weighted by atomic mass is 10.3. The van der Waals surface area contributed by atoms with Crippen LogP contribution in [0.25, 0.3) is 0 Å². The van der Waals surface area contributed by atoms with Crippen LogP contribution >= 0.6 is 0 Å². The van der Waals surface area contributed by atoms with Gasteiger partial charge in [-0.3, -0.25) is 9.58 Å². The summed E-state index contributed by atoms with van der Waals surface area (Å²) in [7, 11) is 0. The van der Waals surface area contributed by atoms with E-state index in [0.717, 1.165) is 26.2 Å². The van der Waals surface area contributed by atoms with E-state index in [1.54, 1.807) is 0 Å². The molecule has 0 fully saturated rings. The van der Waals surface area contributed by atoms with Crippen molar-refractivity contribution in [2.75, 3.05) is 19.7 Å². The minimum atomic E-state index is 0.226. The smallest absolute Gasteiger partial charge is 0.0558 e. The molecule has 0 unspecified atom stereocenters. The molecular weight excluding hydrogens is 202 g/mol. The third-order valence-corrected chi connectivity index (χ3v) is 2.73. The molecule has 4 nitrogen and oxygen atoms in total. The number of aromatic nitrogens is 2. The quantitative estimate of drug-likeness (QED) is 0.729. The fraction of sp³-hybridized carbons (Fsp3) is 0.750. The normalized spacial score (nSPS) is 11.2. The van der Waals surface area contributed by atoms with Crippen molar-refractivity contribution in [3.05, 3.63) is 18.0 Å². The van der Waals surface area contributed by atoms with E-state index in [-0.39, 0.29) is 6.61 Å². The van der Waals surface area contributed by atoms with E-state index in [0.29, 0.717) is 0 Å². The van der Waals surface area contributed by atoms with Gasteiger partial charge in [-0.1, -0.05) is 13.3 Å². The molecule has 0 saturated carbocycles. The number of hydrogen-bond donors (Lipinski definition) is 1. The maximum Gasteiger partial charge on any atom is 0.0558 e. The second-order valence-electron chi connectivity index (χ2n) is 3.99. The summed E-state index contributed by atoms with van der Waals surface area (Å²) in [5.74, 6) is 0. The fourth-order valence-corrected chi connectivity index (χ4v) is 1.80. The van der Waals surface area contributed by atoms with Crippen molar-refractivity contribution in [2.45, 2.75) is 39.8 Å². The van der Waals surface area contributed by atoms with E-state index in [2.05, 4.69) is 29.9 Å². The number of hydrogen-bond acceptors (Lipinski definition) is 3. The third-order valence-electron chi connectivity index (χ3n) is 2.73. The predicted molar refractivity (Wildman–Crippen MR) is 65.2 cm³/mol. The number of nitrogens with zero attached hydrogens (tertiary/aromatic N) is 3. The van der Waals surface area contributed by atoms with Crippen LogP contribution in [0.2, 0.25) is 0 Å². The Labute approximate surface area is 97.9 Å². The van der Waals surface area contributed by atoms with E-state index >= 15 is 0 Å². The molecule has 0 bridgehead atoms. The largest absolute Gasteiger partial charge is 0.395 e. The van der Waals surface area contributed by atoms with Crippen molar-refractivity contribution in [2.24, 2.45) is 0 Å². The van der Waals surface area contributed by atoms with Gasteiger partial charge >= 0.3 is 0 Å². The summed E-state index contributed by atoms with van der Waals surface area (Å²) in [6, 6.07) is 2.06. The van der Waals surface area contributed by atoms with E-state index < -0.39 is 0 Å². The maximum atomic E-state index is 9.03. The number of rotatable bonds is 8. The van der Waals surface area contributed by atoms with Gasteiger partial charge < -0.3 is 5.11 Å². The highest BCUT2D eigenvalue weighted by atomic mass is 16.3. The predicted octanol–water partition coefficient (Wildman–Crippen LogP) is 1.50. The molecule has 1 heterocycles. The van der Waals surface area contributed by atoms with Crippen LogP contribution < -0.4 is 0 Å². The van der Waals surface area contributed by atoms with Crippen LogP contribution in [0.5, 0.6) is 0 Å². The lowest BCUT2D eigenvalue weighted by Gasteiger charge is -2.21. The van der Waals surface area contributed by atoms with Gasteiger partial charge in [0.25, 0.3) is 0 Å². The first-order valence-electron chi connectivity index (χ1n) is 6.15. The molecule has 0 radical (unpaired) electrons. The van der Waals surface area contributed by atoms with Crippen LogP contribution in [-0.2, 0) is 13.1 Å². The molecule has 0 aliphatic carbocycles. The minimum absolute atomic E-state index is 0.226. The standard InChI is InChI=1S/C12H23N3O/c1-3-5-8-14(9-10-16)11-12-6-7-13-15(12)4-2/h6-7,16H,3-5,8-11H2,1-2H3. The molecule has 1 aromatic rings.